The predicted octanol–water partition coefficient (Wildman–Crippen LogP) is 4.28. The lowest BCUT2D eigenvalue weighted by Gasteiger charge is -2.08. The second-order valence-corrected chi connectivity index (χ2v) is 6.15. The molecule has 1 N–H and O–H groups in total. The van der Waals surface area contributed by atoms with Gasteiger partial charge in [0, 0.05) is 11.0 Å². The van der Waals surface area contributed by atoms with Crippen molar-refractivity contribution in [3.63, 3.8) is 0 Å². The first kappa shape index (κ1) is 13.6. The van der Waals surface area contributed by atoms with Crippen LogP contribution < -0.4 is 0 Å². The highest BCUT2D eigenvalue weighted by Gasteiger charge is 2.15. The first-order valence-corrected chi connectivity index (χ1v) is 7.67. The van der Waals surface area contributed by atoms with Crippen LogP contribution in [0.5, 0.6) is 0 Å². The number of halogens is 1. The molecule has 20 heavy (non-hydrogen) atoms. The van der Waals surface area contributed by atoms with Crippen LogP contribution in [0.2, 0.25) is 0 Å². The number of aromatic nitrogens is 4. The van der Waals surface area contributed by atoms with Crippen LogP contribution in [0.1, 0.15) is 18.2 Å². The van der Waals surface area contributed by atoms with E-state index in [0.717, 1.165) is 33.6 Å². The van der Waals surface area contributed by atoms with Gasteiger partial charge in [-0.3, -0.25) is 4.57 Å². The average Bonchev–Trinajstić information content (AvgIpc) is 2.85. The van der Waals surface area contributed by atoms with Crippen LogP contribution in [0.3, 0.4) is 0 Å². The molecular formula is C14H15BrN4S. The second-order valence-electron chi connectivity index (χ2n) is 4.85. The number of hydrogen-bond acceptors (Lipinski definition) is 2. The Morgan fingerprint density at radius 3 is 2.70 bits per heavy atom. The summed E-state index contributed by atoms with van der Waals surface area (Å²) in [5.41, 5.74) is 5.23. The van der Waals surface area contributed by atoms with Gasteiger partial charge in [-0.05, 0) is 56.8 Å². The summed E-state index contributed by atoms with van der Waals surface area (Å²) in [5, 5.41) is 4.55. The van der Waals surface area contributed by atoms with Crippen LogP contribution >= 0.6 is 28.1 Å². The first-order valence-electron chi connectivity index (χ1n) is 6.47. The molecule has 0 amide bonds. The lowest BCUT2D eigenvalue weighted by molar-refractivity contribution is 0.661. The van der Waals surface area contributed by atoms with E-state index < -0.39 is 0 Å². The lowest BCUT2D eigenvalue weighted by atomic mass is 10.2. The Morgan fingerprint density at radius 1 is 1.30 bits per heavy atom. The minimum absolute atomic E-state index is 0.695. The van der Waals surface area contributed by atoms with Crippen LogP contribution in [0.4, 0.5) is 0 Å². The molecule has 0 unspecified atom stereocenters. The summed E-state index contributed by atoms with van der Waals surface area (Å²) >= 11 is 9.04. The molecule has 0 saturated heterocycles. The summed E-state index contributed by atoms with van der Waals surface area (Å²) in [7, 11) is 0. The number of hydrogen-bond donors (Lipinski definition) is 1. The van der Waals surface area contributed by atoms with E-state index in [0.29, 0.717) is 4.77 Å². The molecular weight excluding hydrogens is 336 g/mol. The average molecular weight is 351 g/mol. The molecule has 0 aliphatic rings. The van der Waals surface area contributed by atoms with Crippen LogP contribution in [-0.2, 0) is 6.54 Å². The fraction of sp³-hybridized carbons (Fsp3) is 0.286. The van der Waals surface area contributed by atoms with E-state index in [-0.39, 0.29) is 0 Å². The zero-order valence-corrected chi connectivity index (χ0v) is 14.0. The van der Waals surface area contributed by atoms with Gasteiger partial charge in [0.05, 0.1) is 11.4 Å². The SMILES string of the molecule is CCn1nc(C)c2[nH]c(=S)n(-c3cc(C)cc(Br)c3)c21. The predicted molar refractivity (Wildman–Crippen MR) is 87.1 cm³/mol. The molecule has 0 radical (unpaired) electrons. The van der Waals surface area contributed by atoms with Crippen molar-refractivity contribution < 1.29 is 0 Å². The third-order valence-electron chi connectivity index (χ3n) is 3.33. The van der Waals surface area contributed by atoms with Crippen molar-refractivity contribution in [1.29, 1.82) is 0 Å². The van der Waals surface area contributed by atoms with Crippen LogP contribution in [0.15, 0.2) is 22.7 Å². The van der Waals surface area contributed by atoms with Crippen molar-refractivity contribution in [3.8, 4) is 5.69 Å². The topological polar surface area (TPSA) is 38.5 Å². The number of aryl methyl sites for hydroxylation is 3. The molecule has 104 valence electrons. The molecule has 2 aromatic heterocycles. The monoisotopic (exact) mass is 350 g/mol. The first-order chi connectivity index (χ1) is 9.51. The fourth-order valence-corrected chi connectivity index (χ4v) is 3.40. The van der Waals surface area contributed by atoms with Gasteiger partial charge < -0.3 is 4.98 Å². The van der Waals surface area contributed by atoms with Crippen LogP contribution in [0, 0.1) is 18.6 Å². The summed E-state index contributed by atoms with van der Waals surface area (Å²) in [6, 6.07) is 6.27. The number of benzene rings is 1. The van der Waals surface area contributed by atoms with Gasteiger partial charge in [0.15, 0.2) is 10.4 Å². The van der Waals surface area contributed by atoms with Crippen molar-refractivity contribution in [2.45, 2.75) is 27.3 Å². The van der Waals surface area contributed by atoms with E-state index >= 15 is 0 Å². The van der Waals surface area contributed by atoms with Gasteiger partial charge in [-0.25, -0.2) is 4.68 Å². The number of nitrogens with one attached hydrogen (secondary N) is 1. The van der Waals surface area contributed by atoms with E-state index in [1.165, 1.54) is 5.56 Å². The van der Waals surface area contributed by atoms with Crippen LogP contribution in [0.25, 0.3) is 16.9 Å². The van der Waals surface area contributed by atoms with Crippen molar-refractivity contribution in [2.75, 3.05) is 0 Å². The number of rotatable bonds is 2. The maximum atomic E-state index is 5.49. The highest BCUT2D eigenvalue weighted by molar-refractivity contribution is 9.10. The van der Waals surface area contributed by atoms with Gasteiger partial charge in [-0.2, -0.15) is 5.10 Å². The number of fused-ring (bicyclic) bond motifs is 1. The van der Waals surface area contributed by atoms with Crippen molar-refractivity contribution in [2.24, 2.45) is 0 Å². The Labute approximate surface area is 130 Å². The standard InChI is InChI=1S/C14H15BrN4S/c1-4-18-13-12(9(3)17-18)16-14(20)19(13)11-6-8(2)5-10(15)7-11/h5-7H,4H2,1-3H3,(H,16,20). The molecule has 0 aliphatic heterocycles. The summed E-state index contributed by atoms with van der Waals surface area (Å²) in [5.74, 6) is 0. The molecule has 3 rings (SSSR count). The number of nitrogens with zero attached hydrogens (tertiary/aromatic N) is 3. The molecule has 4 nitrogen and oxygen atoms in total. The molecule has 0 bridgehead atoms. The highest BCUT2D eigenvalue weighted by Crippen LogP contribution is 2.25. The van der Waals surface area contributed by atoms with Crippen LogP contribution in [-0.4, -0.2) is 19.3 Å². The van der Waals surface area contributed by atoms with Gasteiger partial charge in [0.25, 0.3) is 0 Å². The summed E-state index contributed by atoms with van der Waals surface area (Å²) in [4.78, 5) is 3.27. The molecule has 1 aromatic carbocycles. The molecule has 6 heteroatoms. The molecule has 0 saturated carbocycles. The zero-order valence-electron chi connectivity index (χ0n) is 11.6. The van der Waals surface area contributed by atoms with Gasteiger partial charge in [0.2, 0.25) is 0 Å². The van der Waals surface area contributed by atoms with Gasteiger partial charge in [-0.15, -0.1) is 0 Å². The lowest BCUT2D eigenvalue weighted by Crippen LogP contribution is -2.03. The molecule has 0 spiro atoms. The van der Waals surface area contributed by atoms with Crippen molar-refractivity contribution in [3.05, 3.63) is 38.7 Å². The van der Waals surface area contributed by atoms with Gasteiger partial charge >= 0.3 is 0 Å². The zero-order chi connectivity index (χ0) is 14.4. The van der Waals surface area contributed by atoms with E-state index in [4.69, 9.17) is 12.2 Å². The van der Waals surface area contributed by atoms with Crippen molar-refractivity contribution >= 4 is 39.3 Å². The Hall–Kier alpha value is -1.40. The maximum Gasteiger partial charge on any atom is 0.184 e. The number of imidazole rings is 1. The molecule has 2 heterocycles. The fourth-order valence-electron chi connectivity index (χ4n) is 2.51. The number of H-pyrrole nitrogens is 1. The van der Waals surface area contributed by atoms with Gasteiger partial charge in [0.1, 0.15) is 5.52 Å². The summed E-state index contributed by atoms with van der Waals surface area (Å²) < 4.78 is 5.77. The minimum Gasteiger partial charge on any atom is -0.327 e. The van der Waals surface area contributed by atoms with Crippen molar-refractivity contribution in [1.82, 2.24) is 19.3 Å². The Balaban J connectivity index is 2.41. The number of aromatic amines is 1. The minimum atomic E-state index is 0.695. The molecule has 0 aliphatic carbocycles. The molecule has 3 aromatic rings. The Morgan fingerprint density at radius 2 is 2.05 bits per heavy atom. The third-order valence-corrected chi connectivity index (χ3v) is 4.07. The maximum absolute atomic E-state index is 5.49. The van der Waals surface area contributed by atoms with E-state index in [1.54, 1.807) is 0 Å². The normalized spacial score (nSPS) is 11.4. The van der Waals surface area contributed by atoms with Gasteiger partial charge in [-0.1, -0.05) is 15.9 Å². The molecule has 0 fully saturated rings. The quantitative estimate of drug-likeness (QED) is 0.700. The molecule has 0 atom stereocenters. The second kappa shape index (κ2) is 4.86. The summed E-state index contributed by atoms with van der Waals surface area (Å²) in [6.45, 7) is 6.96. The van der Waals surface area contributed by atoms with E-state index in [2.05, 4.69) is 58.1 Å². The smallest absolute Gasteiger partial charge is 0.184 e. The van der Waals surface area contributed by atoms with E-state index in [1.807, 2.05) is 16.2 Å². The summed E-state index contributed by atoms with van der Waals surface area (Å²) in [6.07, 6.45) is 0. The van der Waals surface area contributed by atoms with E-state index in [9.17, 15) is 0 Å². The largest absolute Gasteiger partial charge is 0.327 e. The Kier molecular flexibility index (Phi) is 3.30. The Bertz CT molecular complexity index is 836. The highest BCUT2D eigenvalue weighted by atomic mass is 79.9. The third kappa shape index (κ3) is 2.03.